The molecule has 18 heavy (non-hydrogen) atoms. The fraction of sp³-hybridized carbons (Fsp3) is 0.154. The van der Waals surface area contributed by atoms with Gasteiger partial charge < -0.3 is 5.32 Å². The number of carbonyl (C=O) groups excluding carboxylic acids is 1. The van der Waals surface area contributed by atoms with Crippen molar-refractivity contribution in [2.75, 3.05) is 5.32 Å². The van der Waals surface area contributed by atoms with Crippen LogP contribution >= 0.6 is 11.8 Å². The van der Waals surface area contributed by atoms with Crippen LogP contribution in [0, 0.1) is 0 Å². The van der Waals surface area contributed by atoms with Crippen molar-refractivity contribution in [3.63, 3.8) is 0 Å². The van der Waals surface area contributed by atoms with E-state index in [-0.39, 0.29) is 5.91 Å². The van der Waals surface area contributed by atoms with Crippen LogP contribution in [0.25, 0.3) is 0 Å². The summed E-state index contributed by atoms with van der Waals surface area (Å²) in [5.41, 5.74) is 0.496. The first-order chi connectivity index (χ1) is 8.61. The fourth-order valence-electron chi connectivity index (χ4n) is 1.19. The molecule has 0 unspecified atom stereocenters. The molecule has 96 valence electrons. The Kier molecular flexibility index (Phi) is 6.14. The van der Waals surface area contributed by atoms with Crippen LogP contribution in [0.15, 0.2) is 53.5 Å². The number of nitrogens with one attached hydrogen (secondary N) is 1. The highest BCUT2D eigenvalue weighted by molar-refractivity contribution is 7.99. The molecule has 1 aromatic carbocycles. The Morgan fingerprint density at radius 3 is 2.83 bits per heavy atom. The second kappa shape index (κ2) is 7.66. The van der Waals surface area contributed by atoms with Crippen LogP contribution in [0.2, 0.25) is 0 Å². The zero-order valence-corrected chi connectivity index (χ0v) is 10.6. The van der Waals surface area contributed by atoms with Crippen LogP contribution < -0.4 is 5.32 Å². The minimum absolute atomic E-state index is 0.299. The quantitative estimate of drug-likeness (QED) is 0.496. The van der Waals surface area contributed by atoms with E-state index < -0.39 is 5.76 Å². The zero-order chi connectivity index (χ0) is 13.4. The molecule has 0 saturated carbocycles. The van der Waals surface area contributed by atoms with E-state index in [2.05, 4.69) is 5.32 Å². The van der Waals surface area contributed by atoms with Gasteiger partial charge in [0.1, 0.15) is 0 Å². The predicted molar refractivity (Wildman–Crippen MR) is 70.9 cm³/mol. The summed E-state index contributed by atoms with van der Waals surface area (Å²) in [5.74, 6) is -2.77. The van der Waals surface area contributed by atoms with Gasteiger partial charge in [-0.3, -0.25) is 4.79 Å². The maximum Gasteiger partial charge on any atom is 0.288 e. The maximum atomic E-state index is 12.2. The number of benzene rings is 1. The summed E-state index contributed by atoms with van der Waals surface area (Å²) >= 11 is 0.447. The monoisotopic (exact) mass is 269 g/mol. The van der Waals surface area contributed by atoms with Crippen molar-refractivity contribution in [3.8, 4) is 0 Å². The Morgan fingerprint density at radius 2 is 2.17 bits per heavy atom. The number of rotatable bonds is 5. The molecular formula is C13H13F2NOS. The van der Waals surface area contributed by atoms with E-state index in [1.54, 1.807) is 36.4 Å². The molecule has 0 atom stereocenters. The van der Waals surface area contributed by atoms with E-state index in [4.69, 9.17) is 0 Å². The van der Waals surface area contributed by atoms with Gasteiger partial charge in [-0.1, -0.05) is 36.1 Å². The molecule has 2 nitrogen and oxygen atoms in total. The van der Waals surface area contributed by atoms with E-state index >= 15 is 0 Å². The Balaban J connectivity index is 2.64. The van der Waals surface area contributed by atoms with Crippen LogP contribution in [0.1, 0.15) is 6.92 Å². The Bertz CT molecular complexity index is 458. The highest BCUT2D eigenvalue weighted by Gasteiger charge is 2.06. The summed E-state index contributed by atoms with van der Waals surface area (Å²) in [6, 6.07) is 6.35. The van der Waals surface area contributed by atoms with Crippen molar-refractivity contribution in [1.82, 2.24) is 0 Å². The summed E-state index contributed by atoms with van der Waals surface area (Å²) in [5, 5.41) is 2.60. The van der Waals surface area contributed by atoms with Gasteiger partial charge in [-0.2, -0.15) is 8.78 Å². The lowest BCUT2D eigenvalue weighted by Crippen LogP contribution is -2.07. The average Bonchev–Trinajstić information content (AvgIpc) is 2.28. The highest BCUT2D eigenvalue weighted by Crippen LogP contribution is 2.27. The number of carbonyl (C=O) groups is 1. The number of anilines is 1. The fourth-order valence-corrected chi connectivity index (χ4v) is 1.75. The van der Waals surface area contributed by atoms with Crippen molar-refractivity contribution in [1.29, 1.82) is 0 Å². The van der Waals surface area contributed by atoms with E-state index in [0.29, 0.717) is 22.3 Å². The van der Waals surface area contributed by atoms with Gasteiger partial charge >= 0.3 is 0 Å². The minimum atomic E-state index is -2.47. The molecular weight excluding hydrogens is 256 g/mol. The topological polar surface area (TPSA) is 29.1 Å². The number of hydrogen-bond donors (Lipinski definition) is 1. The lowest BCUT2D eigenvalue weighted by Gasteiger charge is -2.04. The van der Waals surface area contributed by atoms with Crippen molar-refractivity contribution in [2.45, 2.75) is 17.6 Å². The third kappa shape index (κ3) is 5.63. The first kappa shape index (κ1) is 14.4. The molecule has 1 amide bonds. The molecule has 0 bridgehead atoms. The lowest BCUT2D eigenvalue weighted by molar-refractivity contribution is -0.111. The van der Waals surface area contributed by atoms with Gasteiger partial charge in [0.2, 0.25) is 5.91 Å². The van der Waals surface area contributed by atoms with Crippen molar-refractivity contribution >= 4 is 23.4 Å². The molecule has 0 aromatic heterocycles. The summed E-state index contributed by atoms with van der Waals surface area (Å²) in [6.45, 7) is 1.84. The molecule has 1 aromatic rings. The Hall–Kier alpha value is -1.62. The Morgan fingerprint density at radius 1 is 1.39 bits per heavy atom. The van der Waals surface area contributed by atoms with Gasteiger partial charge in [0, 0.05) is 16.7 Å². The summed E-state index contributed by atoms with van der Waals surface area (Å²) in [6.07, 6.45) is 6.49. The standard InChI is InChI=1S/C13H13F2NOS/c1-2-3-4-8-12(17)16-10-6-5-7-11(9-10)18-13(14)15/h2-9,13H,1H3,(H,16,17). The van der Waals surface area contributed by atoms with Crippen molar-refractivity contribution < 1.29 is 13.6 Å². The van der Waals surface area contributed by atoms with Crippen LogP contribution in [0.5, 0.6) is 0 Å². The number of halogens is 2. The zero-order valence-electron chi connectivity index (χ0n) is 9.77. The average molecular weight is 269 g/mol. The number of amides is 1. The summed E-state index contributed by atoms with van der Waals surface area (Å²) < 4.78 is 24.4. The third-order valence-electron chi connectivity index (χ3n) is 1.88. The van der Waals surface area contributed by atoms with Gasteiger partial charge in [-0.05, 0) is 25.1 Å². The number of alkyl halides is 2. The number of thioether (sulfide) groups is 1. The van der Waals surface area contributed by atoms with Gasteiger partial charge in [-0.25, -0.2) is 0 Å². The van der Waals surface area contributed by atoms with E-state index in [1.165, 1.54) is 12.1 Å². The van der Waals surface area contributed by atoms with Crippen LogP contribution in [0.3, 0.4) is 0 Å². The van der Waals surface area contributed by atoms with E-state index in [9.17, 15) is 13.6 Å². The van der Waals surface area contributed by atoms with E-state index in [1.807, 2.05) is 6.92 Å². The lowest BCUT2D eigenvalue weighted by atomic mass is 10.3. The molecule has 0 heterocycles. The van der Waals surface area contributed by atoms with Crippen LogP contribution in [0.4, 0.5) is 14.5 Å². The van der Waals surface area contributed by atoms with Crippen LogP contribution in [-0.2, 0) is 4.79 Å². The summed E-state index contributed by atoms with van der Waals surface area (Å²) in [7, 11) is 0. The van der Waals surface area contributed by atoms with Crippen molar-refractivity contribution in [3.05, 3.63) is 48.6 Å². The summed E-state index contributed by atoms with van der Waals surface area (Å²) in [4.78, 5) is 11.9. The SMILES string of the molecule is CC=CC=CC(=O)Nc1cccc(SC(F)F)c1. The van der Waals surface area contributed by atoms with Gasteiger partial charge in [0.05, 0.1) is 0 Å². The van der Waals surface area contributed by atoms with E-state index in [0.717, 1.165) is 0 Å². The molecule has 0 saturated heterocycles. The maximum absolute atomic E-state index is 12.2. The van der Waals surface area contributed by atoms with Crippen molar-refractivity contribution in [2.24, 2.45) is 0 Å². The highest BCUT2D eigenvalue weighted by atomic mass is 32.2. The largest absolute Gasteiger partial charge is 0.322 e. The smallest absolute Gasteiger partial charge is 0.288 e. The normalized spacial score (nSPS) is 11.6. The first-order valence-electron chi connectivity index (χ1n) is 5.27. The van der Waals surface area contributed by atoms with Crippen LogP contribution in [-0.4, -0.2) is 11.7 Å². The third-order valence-corrected chi connectivity index (χ3v) is 2.58. The number of hydrogen-bond acceptors (Lipinski definition) is 2. The Labute approximate surface area is 109 Å². The van der Waals surface area contributed by atoms with Gasteiger partial charge in [0.15, 0.2) is 0 Å². The number of allylic oxidation sites excluding steroid dienone is 3. The molecule has 0 aliphatic rings. The minimum Gasteiger partial charge on any atom is -0.322 e. The first-order valence-corrected chi connectivity index (χ1v) is 6.15. The van der Waals surface area contributed by atoms with Gasteiger partial charge in [0.25, 0.3) is 5.76 Å². The second-order valence-corrected chi connectivity index (χ2v) is 4.34. The molecule has 0 aliphatic heterocycles. The molecule has 0 radical (unpaired) electrons. The molecule has 1 rings (SSSR count). The second-order valence-electron chi connectivity index (χ2n) is 3.28. The molecule has 1 N–H and O–H groups in total. The van der Waals surface area contributed by atoms with Gasteiger partial charge in [-0.15, -0.1) is 0 Å². The predicted octanol–water partition coefficient (Wildman–Crippen LogP) is 4.07. The molecule has 5 heteroatoms. The molecule has 0 aliphatic carbocycles. The molecule has 0 spiro atoms. The molecule has 0 fully saturated rings.